The standard InChI is InChI=1S/C25H24ClF3N6O/c26-17-9-15(10-18(27)12-17)13-32-25(35-24(36)16-1-6-21(28)22(29)11-16)34-20-4-2-19(3-5-20)33-23-14-30-7-8-31-23/h1,6-12,14,19-20H,2-5,13H2,(H,31,33)(H2,32,34,35,36). The molecule has 0 aliphatic heterocycles. The Morgan fingerprint density at radius 3 is 2.47 bits per heavy atom. The Hall–Kier alpha value is -3.66. The summed E-state index contributed by atoms with van der Waals surface area (Å²) < 4.78 is 40.6. The number of amides is 1. The monoisotopic (exact) mass is 516 g/mol. The minimum Gasteiger partial charge on any atom is -0.366 e. The molecular formula is C25H24ClF3N6O. The van der Waals surface area contributed by atoms with Gasteiger partial charge in [0.15, 0.2) is 17.6 Å². The summed E-state index contributed by atoms with van der Waals surface area (Å²) in [5.74, 6) is -2.47. The molecule has 3 aromatic rings. The first-order valence-electron chi connectivity index (χ1n) is 11.4. The van der Waals surface area contributed by atoms with E-state index in [2.05, 4.69) is 30.9 Å². The first-order chi connectivity index (χ1) is 17.4. The van der Waals surface area contributed by atoms with Crippen molar-refractivity contribution in [2.24, 2.45) is 4.99 Å². The number of anilines is 1. The maximum absolute atomic E-state index is 13.7. The lowest BCUT2D eigenvalue weighted by molar-refractivity contribution is 0.0974. The quantitative estimate of drug-likeness (QED) is 0.322. The van der Waals surface area contributed by atoms with E-state index in [4.69, 9.17) is 11.6 Å². The molecule has 2 aromatic carbocycles. The maximum atomic E-state index is 13.7. The molecule has 0 bridgehead atoms. The number of aromatic nitrogens is 2. The van der Waals surface area contributed by atoms with E-state index in [9.17, 15) is 18.0 Å². The number of aliphatic imine (C=N–C) groups is 1. The van der Waals surface area contributed by atoms with E-state index in [1.165, 1.54) is 18.2 Å². The predicted octanol–water partition coefficient (Wildman–Crippen LogP) is 4.85. The number of carbonyl (C=O) groups is 1. The number of hydrogen-bond acceptors (Lipinski definition) is 5. The molecule has 1 aliphatic carbocycles. The number of nitrogens with zero attached hydrogens (tertiary/aromatic N) is 3. The van der Waals surface area contributed by atoms with Gasteiger partial charge < -0.3 is 10.6 Å². The average molecular weight is 517 g/mol. The summed E-state index contributed by atoms with van der Waals surface area (Å²) in [7, 11) is 0. The van der Waals surface area contributed by atoms with Crippen molar-refractivity contribution >= 4 is 29.3 Å². The van der Waals surface area contributed by atoms with Crippen molar-refractivity contribution in [3.05, 3.63) is 88.6 Å². The SMILES string of the molecule is O=C(NC(=NCc1cc(F)cc(Cl)c1)NC1CCC(Nc2cnccn2)CC1)c1ccc(F)c(F)c1. The Labute approximate surface area is 211 Å². The van der Waals surface area contributed by atoms with Gasteiger partial charge in [-0.15, -0.1) is 0 Å². The molecule has 1 aromatic heterocycles. The van der Waals surface area contributed by atoms with Gasteiger partial charge in [-0.2, -0.15) is 0 Å². The molecule has 11 heteroatoms. The third kappa shape index (κ3) is 7.17. The van der Waals surface area contributed by atoms with E-state index in [1.807, 2.05) is 0 Å². The lowest BCUT2D eigenvalue weighted by Gasteiger charge is -2.30. The summed E-state index contributed by atoms with van der Waals surface area (Å²) in [5, 5.41) is 9.45. The molecule has 1 amide bonds. The Morgan fingerprint density at radius 2 is 1.78 bits per heavy atom. The van der Waals surface area contributed by atoms with Gasteiger partial charge in [-0.05, 0) is 67.6 Å². The molecule has 1 fully saturated rings. The number of rotatable bonds is 6. The molecule has 0 atom stereocenters. The fourth-order valence-corrected chi connectivity index (χ4v) is 4.21. The van der Waals surface area contributed by atoms with E-state index in [0.717, 1.165) is 37.8 Å². The predicted molar refractivity (Wildman–Crippen MR) is 131 cm³/mol. The number of nitrogens with one attached hydrogen (secondary N) is 3. The smallest absolute Gasteiger partial charge is 0.258 e. The Bertz CT molecular complexity index is 1220. The summed E-state index contributed by atoms with van der Waals surface area (Å²) in [6, 6.07) is 7.18. The molecule has 0 radical (unpaired) electrons. The van der Waals surface area contributed by atoms with Gasteiger partial charge in [-0.1, -0.05) is 11.6 Å². The summed E-state index contributed by atoms with van der Waals surface area (Å²) in [6.45, 7) is 0.0431. The number of halogens is 4. The lowest BCUT2D eigenvalue weighted by Crippen LogP contribution is -2.48. The fraction of sp³-hybridized carbons (Fsp3) is 0.280. The van der Waals surface area contributed by atoms with Crippen LogP contribution in [0.3, 0.4) is 0 Å². The van der Waals surface area contributed by atoms with Gasteiger partial charge in [0.25, 0.3) is 5.91 Å². The van der Waals surface area contributed by atoms with E-state index >= 15 is 0 Å². The highest BCUT2D eigenvalue weighted by Gasteiger charge is 2.23. The van der Waals surface area contributed by atoms with Crippen molar-refractivity contribution in [3.63, 3.8) is 0 Å². The maximum Gasteiger partial charge on any atom is 0.258 e. The second-order valence-corrected chi connectivity index (χ2v) is 8.89. The highest BCUT2D eigenvalue weighted by molar-refractivity contribution is 6.30. The molecule has 1 saturated carbocycles. The van der Waals surface area contributed by atoms with Crippen molar-refractivity contribution < 1.29 is 18.0 Å². The topological polar surface area (TPSA) is 91.3 Å². The molecule has 4 rings (SSSR count). The summed E-state index contributed by atoms with van der Waals surface area (Å²) in [4.78, 5) is 25.4. The molecule has 0 spiro atoms. The number of hydrogen-bond donors (Lipinski definition) is 3. The van der Waals surface area contributed by atoms with Crippen molar-refractivity contribution in [2.75, 3.05) is 5.32 Å². The summed E-state index contributed by atoms with van der Waals surface area (Å²) in [6.07, 6.45) is 8.16. The van der Waals surface area contributed by atoms with Crippen LogP contribution in [0.2, 0.25) is 5.02 Å². The minimum absolute atomic E-state index is 0.00464. The van der Waals surface area contributed by atoms with E-state index < -0.39 is 23.4 Å². The molecule has 1 heterocycles. The van der Waals surface area contributed by atoms with Crippen LogP contribution in [0.4, 0.5) is 19.0 Å². The molecular weight excluding hydrogens is 493 g/mol. The fourth-order valence-electron chi connectivity index (χ4n) is 3.97. The second-order valence-electron chi connectivity index (χ2n) is 8.45. The zero-order valence-corrected chi connectivity index (χ0v) is 19.9. The van der Waals surface area contributed by atoms with Gasteiger partial charge in [0.1, 0.15) is 11.6 Å². The minimum atomic E-state index is -1.13. The molecule has 3 N–H and O–H groups in total. The zero-order chi connectivity index (χ0) is 25.5. The van der Waals surface area contributed by atoms with Crippen LogP contribution in [-0.2, 0) is 6.54 Å². The molecule has 36 heavy (non-hydrogen) atoms. The third-order valence-electron chi connectivity index (χ3n) is 5.74. The highest BCUT2D eigenvalue weighted by Crippen LogP contribution is 2.21. The van der Waals surface area contributed by atoms with E-state index in [0.29, 0.717) is 11.4 Å². The Morgan fingerprint density at radius 1 is 1.00 bits per heavy atom. The van der Waals surface area contributed by atoms with Crippen molar-refractivity contribution in [2.45, 2.75) is 44.3 Å². The summed E-state index contributed by atoms with van der Waals surface area (Å²) in [5.41, 5.74) is 0.451. The van der Waals surface area contributed by atoms with Crippen LogP contribution in [0.25, 0.3) is 0 Å². The van der Waals surface area contributed by atoms with Gasteiger partial charge in [-0.25, -0.2) is 23.1 Å². The van der Waals surface area contributed by atoms with Crippen LogP contribution >= 0.6 is 11.6 Å². The summed E-state index contributed by atoms with van der Waals surface area (Å²) >= 11 is 5.93. The van der Waals surface area contributed by atoms with Crippen LogP contribution in [0.1, 0.15) is 41.6 Å². The number of guanidine groups is 1. The van der Waals surface area contributed by atoms with Gasteiger partial charge in [0, 0.05) is 35.1 Å². The largest absolute Gasteiger partial charge is 0.366 e. The lowest BCUT2D eigenvalue weighted by atomic mass is 9.91. The molecule has 0 unspecified atom stereocenters. The van der Waals surface area contributed by atoms with Gasteiger partial charge in [-0.3, -0.25) is 15.1 Å². The number of benzene rings is 2. The highest BCUT2D eigenvalue weighted by atomic mass is 35.5. The van der Waals surface area contributed by atoms with Crippen LogP contribution in [-0.4, -0.2) is 33.9 Å². The molecule has 7 nitrogen and oxygen atoms in total. The first-order valence-corrected chi connectivity index (χ1v) is 11.8. The van der Waals surface area contributed by atoms with E-state index in [1.54, 1.807) is 24.7 Å². The average Bonchev–Trinajstić information content (AvgIpc) is 2.85. The second kappa shape index (κ2) is 11.9. The molecule has 188 valence electrons. The normalized spacial score (nSPS) is 17.9. The molecule has 0 saturated heterocycles. The third-order valence-corrected chi connectivity index (χ3v) is 5.96. The van der Waals surface area contributed by atoms with Crippen molar-refractivity contribution in [1.82, 2.24) is 20.6 Å². The Kier molecular flexibility index (Phi) is 8.37. The van der Waals surface area contributed by atoms with Gasteiger partial charge in [0.2, 0.25) is 0 Å². The van der Waals surface area contributed by atoms with Crippen molar-refractivity contribution in [3.8, 4) is 0 Å². The number of carbonyl (C=O) groups excluding carboxylic acids is 1. The van der Waals surface area contributed by atoms with Crippen LogP contribution in [0.15, 0.2) is 60.0 Å². The Balaban J connectivity index is 1.43. The molecule has 1 aliphatic rings. The van der Waals surface area contributed by atoms with Gasteiger partial charge >= 0.3 is 0 Å². The van der Waals surface area contributed by atoms with Crippen molar-refractivity contribution in [1.29, 1.82) is 0 Å². The van der Waals surface area contributed by atoms with E-state index in [-0.39, 0.29) is 35.2 Å². The zero-order valence-electron chi connectivity index (χ0n) is 19.1. The van der Waals surface area contributed by atoms with Crippen LogP contribution in [0.5, 0.6) is 0 Å². The first kappa shape index (κ1) is 25.4. The van der Waals surface area contributed by atoms with Crippen LogP contribution < -0.4 is 16.0 Å². The van der Waals surface area contributed by atoms with Gasteiger partial charge in [0.05, 0.1) is 12.7 Å². The van der Waals surface area contributed by atoms with Crippen LogP contribution in [0, 0.1) is 17.5 Å².